The van der Waals surface area contributed by atoms with Gasteiger partial charge in [-0.1, -0.05) is 6.92 Å². The fourth-order valence-corrected chi connectivity index (χ4v) is 5.05. The molecule has 7 nitrogen and oxygen atoms in total. The van der Waals surface area contributed by atoms with Gasteiger partial charge in [0.25, 0.3) is 0 Å². The van der Waals surface area contributed by atoms with Gasteiger partial charge < -0.3 is 25.1 Å². The molecular weight excluding hydrogens is 386 g/mol. The second kappa shape index (κ2) is 6.30. The lowest BCUT2D eigenvalue weighted by molar-refractivity contribution is 0.0590. The molecule has 3 fully saturated rings. The van der Waals surface area contributed by atoms with E-state index in [0.717, 1.165) is 6.42 Å². The molecule has 1 saturated carbocycles. The molecule has 156 valence electrons. The molecule has 2 saturated heterocycles. The van der Waals surface area contributed by atoms with E-state index in [0.29, 0.717) is 28.7 Å². The number of ketones is 1. The van der Waals surface area contributed by atoms with E-state index in [-0.39, 0.29) is 56.9 Å². The lowest BCUT2D eigenvalue weighted by atomic mass is 9.61. The first-order valence-electron chi connectivity index (χ1n) is 10.2. The maximum absolute atomic E-state index is 13.6. The number of carbonyl (C=O) groups is 1. The maximum atomic E-state index is 13.6. The monoisotopic (exact) mass is 409 g/mol. The molecule has 7 heteroatoms. The van der Waals surface area contributed by atoms with Gasteiger partial charge in [0, 0.05) is 29.1 Å². The predicted molar refractivity (Wildman–Crippen MR) is 111 cm³/mol. The number of fused-ring (bicyclic) bond motifs is 2. The number of aromatic hydroxyl groups is 2. The van der Waals surface area contributed by atoms with E-state index in [4.69, 9.17) is 4.42 Å². The average molecular weight is 409 g/mol. The number of nitrogens with one attached hydrogen (secondary N) is 1. The van der Waals surface area contributed by atoms with Crippen LogP contribution in [0, 0.1) is 0 Å². The van der Waals surface area contributed by atoms with Crippen LogP contribution in [0.25, 0.3) is 21.9 Å². The van der Waals surface area contributed by atoms with E-state index >= 15 is 0 Å². The molecule has 2 bridgehead atoms. The van der Waals surface area contributed by atoms with Gasteiger partial charge in [-0.3, -0.25) is 9.59 Å². The summed E-state index contributed by atoms with van der Waals surface area (Å²) in [6.45, 7) is 4.83. The molecule has 0 spiro atoms. The van der Waals surface area contributed by atoms with Crippen LogP contribution < -0.4 is 10.7 Å². The van der Waals surface area contributed by atoms with Gasteiger partial charge in [0.05, 0.1) is 16.9 Å². The van der Waals surface area contributed by atoms with Crippen molar-refractivity contribution in [2.24, 2.45) is 0 Å². The second-order valence-electron chi connectivity index (χ2n) is 8.39. The highest BCUT2D eigenvalue weighted by molar-refractivity contribution is 6.03. The van der Waals surface area contributed by atoms with Gasteiger partial charge in [-0.2, -0.15) is 0 Å². The second-order valence-corrected chi connectivity index (χ2v) is 8.39. The molecule has 1 aliphatic carbocycles. The lowest BCUT2D eigenvalue weighted by Gasteiger charge is -2.59. The Morgan fingerprint density at radius 2 is 1.93 bits per heavy atom. The molecule has 3 aromatic rings. The molecule has 3 unspecified atom stereocenters. The van der Waals surface area contributed by atoms with Crippen molar-refractivity contribution in [1.82, 2.24) is 5.32 Å². The Morgan fingerprint density at radius 3 is 2.43 bits per heavy atom. The number of aliphatic hydroxyl groups is 1. The number of carbonyl (C=O) groups excluding carboxylic acids is 1. The zero-order chi connectivity index (χ0) is 21.5. The Balaban J connectivity index is 1.96. The van der Waals surface area contributed by atoms with Crippen molar-refractivity contribution in [3.63, 3.8) is 0 Å². The highest BCUT2D eigenvalue weighted by Gasteiger charge is 2.53. The van der Waals surface area contributed by atoms with E-state index < -0.39 is 11.9 Å². The molecule has 4 N–H and O–H groups in total. The SMILES string of the molecule is CCc1c(C(C)=O)cc2c(=O)c3c(C4C5CC4N5)cc(O)c(O)c3oc2c1C(C)O. The van der Waals surface area contributed by atoms with E-state index in [1.165, 1.54) is 19.1 Å². The average Bonchev–Trinajstić information content (AvgIpc) is 2.61. The molecule has 6 rings (SSSR count). The summed E-state index contributed by atoms with van der Waals surface area (Å²) in [5, 5.41) is 35.0. The summed E-state index contributed by atoms with van der Waals surface area (Å²) in [4.78, 5) is 25.9. The summed E-state index contributed by atoms with van der Waals surface area (Å²) in [6.07, 6.45) is 0.471. The van der Waals surface area contributed by atoms with E-state index in [1.54, 1.807) is 6.92 Å². The number of phenolic OH excluding ortho intramolecular Hbond substituents is 2. The van der Waals surface area contributed by atoms with Crippen LogP contribution >= 0.6 is 0 Å². The van der Waals surface area contributed by atoms with Crippen LogP contribution in [0.2, 0.25) is 0 Å². The molecule has 1 aromatic heterocycles. The first-order chi connectivity index (χ1) is 14.2. The van der Waals surface area contributed by atoms with Gasteiger partial charge >= 0.3 is 0 Å². The summed E-state index contributed by atoms with van der Waals surface area (Å²) in [5.41, 5.74) is 1.65. The largest absolute Gasteiger partial charge is 0.504 e. The Kier molecular flexibility index (Phi) is 4.01. The molecule has 3 aliphatic rings. The van der Waals surface area contributed by atoms with Gasteiger partial charge in [0.15, 0.2) is 17.1 Å². The zero-order valence-corrected chi connectivity index (χ0v) is 16.9. The summed E-state index contributed by atoms with van der Waals surface area (Å²) in [6, 6.07) is 3.44. The lowest BCUT2D eigenvalue weighted by Crippen LogP contribution is -2.72. The Bertz CT molecular complexity index is 1290. The fraction of sp³-hybridized carbons (Fsp3) is 0.391. The van der Waals surface area contributed by atoms with Gasteiger partial charge in [0.1, 0.15) is 5.58 Å². The number of rotatable bonds is 4. The van der Waals surface area contributed by atoms with E-state index in [2.05, 4.69) is 5.32 Å². The van der Waals surface area contributed by atoms with Gasteiger partial charge in [-0.05, 0) is 49.9 Å². The van der Waals surface area contributed by atoms with Crippen molar-refractivity contribution >= 4 is 27.7 Å². The molecule has 0 amide bonds. The van der Waals surface area contributed by atoms with Crippen LogP contribution in [0.1, 0.15) is 66.3 Å². The topological polar surface area (TPSA) is 120 Å². The fourth-order valence-electron chi connectivity index (χ4n) is 5.05. The smallest absolute Gasteiger partial charge is 0.201 e. The minimum atomic E-state index is -0.996. The standard InChI is InChI=1S/C23H23NO6/c1-4-10-11(8(2)25)5-13-20(28)19-12(18-14-7-15(18)24-14)6-16(27)21(29)23(19)30-22(13)17(10)9(3)26/h5-6,9,14-15,18,24,26-27,29H,4,7H2,1-3H3. The van der Waals surface area contributed by atoms with Gasteiger partial charge in [0.2, 0.25) is 11.2 Å². The summed E-state index contributed by atoms with van der Waals surface area (Å²) in [7, 11) is 0. The quantitative estimate of drug-likeness (QED) is 0.297. The highest BCUT2D eigenvalue weighted by atomic mass is 16.4. The third-order valence-corrected chi connectivity index (χ3v) is 6.68. The van der Waals surface area contributed by atoms with Crippen LogP contribution in [0.15, 0.2) is 21.3 Å². The first-order valence-corrected chi connectivity index (χ1v) is 10.2. The van der Waals surface area contributed by atoms with Crippen LogP contribution in [0.4, 0.5) is 0 Å². The third kappa shape index (κ3) is 2.33. The first kappa shape index (κ1) is 19.1. The number of benzene rings is 2. The summed E-state index contributed by atoms with van der Waals surface area (Å²) in [5.74, 6) is -0.981. The number of aliphatic hydroxyl groups excluding tert-OH is 1. The Morgan fingerprint density at radius 1 is 1.27 bits per heavy atom. The van der Waals surface area contributed by atoms with E-state index in [9.17, 15) is 24.9 Å². The Hall–Kier alpha value is -2.90. The molecule has 0 radical (unpaired) electrons. The van der Waals surface area contributed by atoms with Crippen molar-refractivity contribution in [1.29, 1.82) is 0 Å². The van der Waals surface area contributed by atoms with Crippen LogP contribution in [-0.4, -0.2) is 33.2 Å². The van der Waals surface area contributed by atoms with Crippen LogP contribution in [-0.2, 0) is 6.42 Å². The Labute approximate surface area is 171 Å². The normalized spacial score (nSPS) is 23.3. The minimum absolute atomic E-state index is 0.0674. The predicted octanol–water partition coefficient (Wildman–Crippen LogP) is 3.00. The molecule has 3 heterocycles. The number of phenols is 2. The maximum Gasteiger partial charge on any atom is 0.201 e. The molecule has 2 aliphatic heterocycles. The number of hydrogen-bond acceptors (Lipinski definition) is 7. The number of Topliss-reactive ketones (excluding diaryl/α,β-unsaturated/α-hetero) is 1. The summed E-state index contributed by atoms with van der Waals surface area (Å²) < 4.78 is 6.02. The summed E-state index contributed by atoms with van der Waals surface area (Å²) >= 11 is 0. The van der Waals surface area contributed by atoms with Crippen molar-refractivity contribution < 1.29 is 24.5 Å². The van der Waals surface area contributed by atoms with Crippen molar-refractivity contribution in [2.75, 3.05) is 0 Å². The van der Waals surface area contributed by atoms with Crippen molar-refractivity contribution in [3.8, 4) is 11.5 Å². The van der Waals surface area contributed by atoms with Crippen molar-refractivity contribution in [3.05, 3.63) is 44.6 Å². The minimum Gasteiger partial charge on any atom is -0.504 e. The van der Waals surface area contributed by atoms with Crippen molar-refractivity contribution in [2.45, 2.75) is 57.7 Å². The van der Waals surface area contributed by atoms with E-state index in [1.807, 2.05) is 6.92 Å². The van der Waals surface area contributed by atoms with Crippen LogP contribution in [0.3, 0.4) is 0 Å². The molecular formula is C23H23NO6. The van der Waals surface area contributed by atoms with Crippen LogP contribution in [0.5, 0.6) is 11.5 Å². The molecule has 30 heavy (non-hydrogen) atoms. The number of hydrogen-bond donors (Lipinski definition) is 4. The molecule has 3 atom stereocenters. The third-order valence-electron chi connectivity index (χ3n) is 6.68. The molecule has 2 aromatic carbocycles. The van der Waals surface area contributed by atoms with Gasteiger partial charge in [-0.15, -0.1) is 0 Å². The highest BCUT2D eigenvalue weighted by Crippen LogP contribution is 2.51. The van der Waals surface area contributed by atoms with Gasteiger partial charge in [-0.25, -0.2) is 0 Å². The zero-order valence-electron chi connectivity index (χ0n) is 16.9.